The maximum absolute atomic E-state index is 11.9. The number of carbonyl (C=O) groups excluding carboxylic acids is 2. The topological polar surface area (TPSA) is 92.7 Å². The standard InChI is InChI=1S/C17H16BrClN4O3/c1-11(7-16(24)21-13-3-2-6-20-9-13)22-23-17(25)10-26-15-5-4-12(19)8-14(15)18/h2-6,8-9H,7,10H2,1H3,(H,21,24)(H,23,25)/b22-11+. The lowest BCUT2D eigenvalue weighted by Gasteiger charge is -2.08. The number of carbonyl (C=O) groups is 2. The normalized spacial score (nSPS) is 11.0. The summed E-state index contributed by atoms with van der Waals surface area (Å²) >= 11 is 9.13. The smallest absolute Gasteiger partial charge is 0.277 e. The highest BCUT2D eigenvalue weighted by atomic mass is 79.9. The van der Waals surface area contributed by atoms with Gasteiger partial charge in [-0.05, 0) is 53.2 Å². The number of amides is 2. The lowest BCUT2D eigenvalue weighted by molar-refractivity contribution is -0.123. The lowest BCUT2D eigenvalue weighted by Crippen LogP contribution is -2.26. The van der Waals surface area contributed by atoms with Gasteiger partial charge in [-0.1, -0.05) is 11.6 Å². The summed E-state index contributed by atoms with van der Waals surface area (Å²) in [5, 5.41) is 7.12. The van der Waals surface area contributed by atoms with Crippen LogP contribution in [-0.4, -0.2) is 29.1 Å². The van der Waals surface area contributed by atoms with E-state index in [4.69, 9.17) is 16.3 Å². The quantitative estimate of drug-likeness (QED) is 0.511. The number of pyridine rings is 1. The second kappa shape index (κ2) is 9.88. The van der Waals surface area contributed by atoms with Crippen molar-refractivity contribution in [2.75, 3.05) is 11.9 Å². The summed E-state index contributed by atoms with van der Waals surface area (Å²) in [6, 6.07) is 8.42. The molecule has 1 aromatic heterocycles. The van der Waals surface area contributed by atoms with Gasteiger partial charge in [0.15, 0.2) is 6.61 Å². The maximum Gasteiger partial charge on any atom is 0.277 e. The van der Waals surface area contributed by atoms with E-state index >= 15 is 0 Å². The van der Waals surface area contributed by atoms with Crippen molar-refractivity contribution >= 4 is 50.7 Å². The predicted molar refractivity (Wildman–Crippen MR) is 103 cm³/mol. The molecule has 1 aromatic carbocycles. The van der Waals surface area contributed by atoms with Gasteiger partial charge in [0.2, 0.25) is 5.91 Å². The number of nitrogens with one attached hydrogen (secondary N) is 2. The van der Waals surface area contributed by atoms with Gasteiger partial charge in [-0.2, -0.15) is 5.10 Å². The SMILES string of the molecule is C/C(CC(=O)Nc1cccnc1)=N\NC(=O)COc1ccc(Cl)cc1Br. The molecule has 2 aromatic rings. The molecule has 0 aliphatic rings. The number of halogens is 2. The fourth-order valence-electron chi connectivity index (χ4n) is 1.84. The molecule has 2 rings (SSSR count). The number of nitrogens with zero attached hydrogens (tertiary/aromatic N) is 2. The molecule has 2 N–H and O–H groups in total. The minimum absolute atomic E-state index is 0.0404. The molecule has 9 heteroatoms. The van der Waals surface area contributed by atoms with Gasteiger partial charge in [0.05, 0.1) is 22.8 Å². The number of hydrazone groups is 1. The highest BCUT2D eigenvalue weighted by Crippen LogP contribution is 2.27. The Hall–Kier alpha value is -2.45. The van der Waals surface area contributed by atoms with Crippen molar-refractivity contribution in [3.05, 3.63) is 52.2 Å². The van der Waals surface area contributed by atoms with Crippen LogP contribution in [0.25, 0.3) is 0 Å². The highest BCUT2D eigenvalue weighted by Gasteiger charge is 2.08. The zero-order valence-corrected chi connectivity index (χ0v) is 16.2. The minimum Gasteiger partial charge on any atom is -0.483 e. The molecule has 7 nitrogen and oxygen atoms in total. The van der Waals surface area contributed by atoms with Gasteiger partial charge < -0.3 is 10.1 Å². The van der Waals surface area contributed by atoms with Gasteiger partial charge in [-0.15, -0.1) is 0 Å². The zero-order valence-electron chi connectivity index (χ0n) is 13.8. The molecule has 0 bridgehead atoms. The van der Waals surface area contributed by atoms with Crippen LogP contribution in [-0.2, 0) is 9.59 Å². The van der Waals surface area contributed by atoms with Crippen LogP contribution in [0.15, 0.2) is 52.3 Å². The van der Waals surface area contributed by atoms with Crippen LogP contribution in [0.1, 0.15) is 13.3 Å². The molecule has 26 heavy (non-hydrogen) atoms. The summed E-state index contributed by atoms with van der Waals surface area (Å²) in [6.45, 7) is 1.42. The number of hydrogen-bond donors (Lipinski definition) is 2. The minimum atomic E-state index is -0.445. The third-order valence-corrected chi connectivity index (χ3v) is 3.84. The van der Waals surface area contributed by atoms with Crippen LogP contribution in [0.3, 0.4) is 0 Å². The molecule has 2 amide bonds. The van der Waals surface area contributed by atoms with Crippen LogP contribution in [0, 0.1) is 0 Å². The highest BCUT2D eigenvalue weighted by molar-refractivity contribution is 9.10. The first kappa shape index (κ1) is 19.9. The van der Waals surface area contributed by atoms with Crippen LogP contribution in [0.2, 0.25) is 5.02 Å². The molecular formula is C17H16BrClN4O3. The summed E-state index contributed by atoms with van der Waals surface area (Å²) in [6.07, 6.45) is 3.19. The molecular weight excluding hydrogens is 424 g/mol. The van der Waals surface area contributed by atoms with Gasteiger partial charge in [-0.25, -0.2) is 5.43 Å². The maximum atomic E-state index is 11.9. The fraction of sp³-hybridized carbons (Fsp3) is 0.176. The van der Waals surface area contributed by atoms with Crippen molar-refractivity contribution < 1.29 is 14.3 Å². The Morgan fingerprint density at radius 3 is 2.81 bits per heavy atom. The summed E-state index contributed by atoms with van der Waals surface area (Å²) in [5.41, 5.74) is 3.39. The first-order valence-electron chi connectivity index (χ1n) is 7.54. The number of rotatable bonds is 7. The van der Waals surface area contributed by atoms with E-state index in [-0.39, 0.29) is 18.9 Å². The Morgan fingerprint density at radius 1 is 1.31 bits per heavy atom. The molecule has 0 spiro atoms. The summed E-state index contributed by atoms with van der Waals surface area (Å²) in [7, 11) is 0. The monoisotopic (exact) mass is 438 g/mol. The van der Waals surface area contributed by atoms with E-state index in [0.717, 1.165) is 0 Å². The molecule has 1 heterocycles. The van der Waals surface area contributed by atoms with Gasteiger partial charge in [-0.3, -0.25) is 14.6 Å². The third-order valence-electron chi connectivity index (χ3n) is 2.99. The van der Waals surface area contributed by atoms with Crippen LogP contribution < -0.4 is 15.5 Å². The van der Waals surface area contributed by atoms with Gasteiger partial charge in [0.25, 0.3) is 5.91 Å². The first-order chi connectivity index (χ1) is 12.4. The fourth-order valence-corrected chi connectivity index (χ4v) is 2.64. The van der Waals surface area contributed by atoms with Crippen LogP contribution >= 0.6 is 27.5 Å². The molecule has 0 atom stereocenters. The largest absolute Gasteiger partial charge is 0.483 e. The Bertz CT molecular complexity index is 815. The number of anilines is 1. The summed E-state index contributed by atoms with van der Waals surface area (Å²) in [4.78, 5) is 27.6. The molecule has 0 saturated carbocycles. The summed E-state index contributed by atoms with van der Waals surface area (Å²) < 4.78 is 6.02. The molecule has 0 aliphatic carbocycles. The van der Waals surface area contributed by atoms with E-state index in [1.54, 1.807) is 49.6 Å². The molecule has 0 radical (unpaired) electrons. The molecule has 0 fully saturated rings. The second-order valence-electron chi connectivity index (χ2n) is 5.21. The molecule has 0 unspecified atom stereocenters. The van der Waals surface area contributed by atoms with E-state index in [9.17, 15) is 9.59 Å². The van der Waals surface area contributed by atoms with Crippen molar-refractivity contribution in [2.24, 2.45) is 5.10 Å². The number of aromatic nitrogens is 1. The van der Waals surface area contributed by atoms with E-state index in [1.807, 2.05) is 0 Å². The Kier molecular flexibility index (Phi) is 7.55. The zero-order chi connectivity index (χ0) is 18.9. The molecule has 0 aliphatic heterocycles. The predicted octanol–water partition coefficient (Wildman–Crippen LogP) is 3.40. The van der Waals surface area contributed by atoms with Gasteiger partial charge in [0.1, 0.15) is 5.75 Å². The number of hydrogen-bond acceptors (Lipinski definition) is 5. The van der Waals surface area contributed by atoms with Crippen molar-refractivity contribution in [1.29, 1.82) is 0 Å². The Labute approximate surface area is 163 Å². The molecule has 136 valence electrons. The van der Waals surface area contributed by atoms with Gasteiger partial charge >= 0.3 is 0 Å². The van der Waals surface area contributed by atoms with E-state index < -0.39 is 5.91 Å². The number of benzene rings is 1. The Morgan fingerprint density at radius 2 is 2.12 bits per heavy atom. The van der Waals surface area contributed by atoms with E-state index in [0.29, 0.717) is 26.6 Å². The third kappa shape index (κ3) is 6.81. The van der Waals surface area contributed by atoms with Crippen LogP contribution in [0.5, 0.6) is 5.75 Å². The van der Waals surface area contributed by atoms with E-state index in [2.05, 4.69) is 36.8 Å². The molecule has 0 saturated heterocycles. The Balaban J connectivity index is 1.76. The lowest BCUT2D eigenvalue weighted by atomic mass is 10.3. The average molecular weight is 440 g/mol. The van der Waals surface area contributed by atoms with Crippen LogP contribution in [0.4, 0.5) is 5.69 Å². The summed E-state index contributed by atoms with van der Waals surface area (Å²) in [5.74, 6) is -0.213. The second-order valence-corrected chi connectivity index (χ2v) is 6.50. The van der Waals surface area contributed by atoms with Crippen molar-refractivity contribution in [3.63, 3.8) is 0 Å². The van der Waals surface area contributed by atoms with Crippen molar-refractivity contribution in [3.8, 4) is 5.75 Å². The average Bonchev–Trinajstić information content (AvgIpc) is 2.60. The van der Waals surface area contributed by atoms with Crippen molar-refractivity contribution in [1.82, 2.24) is 10.4 Å². The number of ether oxygens (including phenoxy) is 1. The van der Waals surface area contributed by atoms with Gasteiger partial charge in [0, 0.05) is 16.9 Å². The first-order valence-corrected chi connectivity index (χ1v) is 8.71. The van der Waals surface area contributed by atoms with E-state index in [1.165, 1.54) is 0 Å². The van der Waals surface area contributed by atoms with Crippen molar-refractivity contribution in [2.45, 2.75) is 13.3 Å².